The van der Waals surface area contributed by atoms with Gasteiger partial charge in [-0.05, 0) is 12.1 Å². The number of carbonyl (C=O) groups is 2. The zero-order chi connectivity index (χ0) is 15.3. The molecule has 1 amide bonds. The van der Waals surface area contributed by atoms with Crippen LogP contribution in [0.2, 0.25) is 5.02 Å². The molecule has 0 heterocycles. The number of para-hydroxylation sites is 1. The number of amides is 1. The fourth-order valence-corrected chi connectivity index (χ4v) is 1.59. The van der Waals surface area contributed by atoms with Gasteiger partial charge in [0.2, 0.25) is 0 Å². The first kappa shape index (κ1) is 16.2. The third kappa shape index (κ3) is 5.05. The van der Waals surface area contributed by atoms with Crippen LogP contribution < -0.4 is 5.32 Å². The second-order valence-electron chi connectivity index (χ2n) is 5.32. The van der Waals surface area contributed by atoms with E-state index in [1.54, 1.807) is 24.3 Å². The van der Waals surface area contributed by atoms with Gasteiger partial charge in [0, 0.05) is 18.4 Å². The number of nitrogens with one attached hydrogen (secondary N) is 1. The average molecular weight is 296 g/mol. The van der Waals surface area contributed by atoms with Crippen molar-refractivity contribution in [2.75, 3.05) is 5.32 Å². The molecule has 1 aromatic carbocycles. The van der Waals surface area contributed by atoms with E-state index in [0.717, 1.165) is 0 Å². The summed E-state index contributed by atoms with van der Waals surface area (Å²) in [6.07, 6.45) is 1.27. The molecule has 0 saturated carbocycles. The normalized spacial score (nSPS) is 11.9. The van der Waals surface area contributed by atoms with E-state index in [2.05, 4.69) is 5.32 Å². The molecule has 0 atom stereocenters. The maximum atomic E-state index is 12.0. The Bertz CT molecular complexity index is 544. The van der Waals surface area contributed by atoms with Crippen molar-refractivity contribution >= 4 is 29.2 Å². The Labute approximate surface area is 123 Å². The summed E-state index contributed by atoms with van der Waals surface area (Å²) < 4.78 is 5.08. The summed E-state index contributed by atoms with van der Waals surface area (Å²) >= 11 is 5.96. The standard InChI is InChI=1S/C15H18ClNO3/c1-10(18)20-13(15(2,3)4)9-14(19)17-12-8-6-5-7-11(12)16/h5-9H,1-4H3,(H,17,19). The van der Waals surface area contributed by atoms with Crippen molar-refractivity contribution < 1.29 is 14.3 Å². The quantitative estimate of drug-likeness (QED) is 0.524. The summed E-state index contributed by atoms with van der Waals surface area (Å²) in [7, 11) is 0. The monoisotopic (exact) mass is 295 g/mol. The smallest absolute Gasteiger partial charge is 0.307 e. The Kier molecular flexibility index (Phi) is 5.34. The first-order valence-corrected chi connectivity index (χ1v) is 6.54. The van der Waals surface area contributed by atoms with E-state index in [9.17, 15) is 9.59 Å². The minimum Gasteiger partial charge on any atom is -0.430 e. The molecule has 0 unspecified atom stereocenters. The summed E-state index contributed by atoms with van der Waals surface area (Å²) in [4.78, 5) is 23.0. The predicted octanol–water partition coefficient (Wildman–Crippen LogP) is 3.77. The third-order valence-corrected chi connectivity index (χ3v) is 2.72. The summed E-state index contributed by atoms with van der Waals surface area (Å²) in [6.45, 7) is 6.85. The number of carbonyl (C=O) groups excluding carboxylic acids is 2. The molecular formula is C15H18ClNO3. The van der Waals surface area contributed by atoms with Crippen LogP contribution in [0.15, 0.2) is 36.1 Å². The SMILES string of the molecule is CC(=O)OC(=CC(=O)Nc1ccccc1Cl)C(C)(C)C. The lowest BCUT2D eigenvalue weighted by atomic mass is 9.93. The minimum absolute atomic E-state index is 0.301. The molecule has 20 heavy (non-hydrogen) atoms. The Hall–Kier alpha value is -1.81. The first-order chi connectivity index (χ1) is 9.20. The minimum atomic E-state index is -0.461. The molecular weight excluding hydrogens is 278 g/mol. The van der Waals surface area contributed by atoms with Gasteiger partial charge in [-0.2, -0.15) is 0 Å². The Morgan fingerprint density at radius 1 is 1.25 bits per heavy atom. The first-order valence-electron chi connectivity index (χ1n) is 6.16. The van der Waals surface area contributed by atoms with Crippen LogP contribution in [-0.4, -0.2) is 11.9 Å². The van der Waals surface area contributed by atoms with E-state index >= 15 is 0 Å². The fraction of sp³-hybridized carbons (Fsp3) is 0.333. The van der Waals surface area contributed by atoms with Crippen LogP contribution in [0.1, 0.15) is 27.7 Å². The lowest BCUT2D eigenvalue weighted by Gasteiger charge is -2.21. The van der Waals surface area contributed by atoms with Crippen LogP contribution in [0.3, 0.4) is 0 Å². The highest BCUT2D eigenvalue weighted by Gasteiger charge is 2.22. The van der Waals surface area contributed by atoms with Crippen LogP contribution in [0, 0.1) is 5.41 Å². The molecule has 0 aliphatic heterocycles. The molecule has 0 fully saturated rings. The summed E-state index contributed by atoms with van der Waals surface area (Å²) in [5.74, 6) is -0.560. The topological polar surface area (TPSA) is 55.4 Å². The molecule has 5 heteroatoms. The lowest BCUT2D eigenvalue weighted by molar-refractivity contribution is -0.138. The second-order valence-corrected chi connectivity index (χ2v) is 5.73. The molecule has 1 N–H and O–H groups in total. The molecule has 1 aromatic rings. The maximum absolute atomic E-state index is 12.0. The van der Waals surface area contributed by atoms with Crippen LogP contribution in [0.4, 0.5) is 5.69 Å². The number of benzene rings is 1. The van der Waals surface area contributed by atoms with Gasteiger partial charge in [-0.15, -0.1) is 0 Å². The number of rotatable bonds is 3. The molecule has 1 rings (SSSR count). The largest absolute Gasteiger partial charge is 0.430 e. The number of hydrogen-bond donors (Lipinski definition) is 1. The van der Waals surface area contributed by atoms with Crippen molar-refractivity contribution in [3.8, 4) is 0 Å². The van der Waals surface area contributed by atoms with Crippen molar-refractivity contribution in [3.05, 3.63) is 41.1 Å². The molecule has 4 nitrogen and oxygen atoms in total. The van der Waals surface area contributed by atoms with Crippen molar-refractivity contribution in [2.24, 2.45) is 5.41 Å². The molecule has 0 saturated heterocycles. The lowest BCUT2D eigenvalue weighted by Crippen LogP contribution is -2.19. The highest BCUT2D eigenvalue weighted by molar-refractivity contribution is 6.33. The molecule has 0 aromatic heterocycles. The van der Waals surface area contributed by atoms with Gasteiger partial charge in [0.1, 0.15) is 5.76 Å². The Morgan fingerprint density at radius 2 is 1.85 bits per heavy atom. The highest BCUT2D eigenvalue weighted by Crippen LogP contribution is 2.27. The number of ether oxygens (including phenoxy) is 1. The van der Waals surface area contributed by atoms with Gasteiger partial charge in [0.15, 0.2) is 0 Å². The van der Waals surface area contributed by atoms with Crippen molar-refractivity contribution in [2.45, 2.75) is 27.7 Å². The third-order valence-electron chi connectivity index (χ3n) is 2.39. The molecule has 0 aliphatic carbocycles. The summed E-state index contributed by atoms with van der Waals surface area (Å²) in [5, 5.41) is 3.09. The predicted molar refractivity (Wildman–Crippen MR) is 79.4 cm³/mol. The summed E-state index contributed by atoms with van der Waals surface area (Å²) in [6, 6.07) is 6.91. The van der Waals surface area contributed by atoms with Crippen molar-refractivity contribution in [1.82, 2.24) is 0 Å². The van der Waals surface area contributed by atoms with E-state index < -0.39 is 17.3 Å². The average Bonchev–Trinajstić information content (AvgIpc) is 2.29. The number of allylic oxidation sites excluding steroid dienone is 1. The van der Waals surface area contributed by atoms with Crippen LogP contribution in [0.25, 0.3) is 0 Å². The number of esters is 1. The van der Waals surface area contributed by atoms with Gasteiger partial charge in [0.05, 0.1) is 10.7 Å². The van der Waals surface area contributed by atoms with Gasteiger partial charge in [0.25, 0.3) is 5.91 Å². The zero-order valence-corrected chi connectivity index (χ0v) is 12.7. The van der Waals surface area contributed by atoms with E-state index in [4.69, 9.17) is 16.3 Å². The van der Waals surface area contributed by atoms with E-state index in [1.807, 2.05) is 20.8 Å². The number of halogens is 1. The van der Waals surface area contributed by atoms with Gasteiger partial charge >= 0.3 is 5.97 Å². The summed E-state index contributed by atoms with van der Waals surface area (Å²) in [5.41, 5.74) is 0.0512. The molecule has 0 aliphatic rings. The van der Waals surface area contributed by atoms with Crippen molar-refractivity contribution in [1.29, 1.82) is 0 Å². The Morgan fingerprint density at radius 3 is 2.35 bits per heavy atom. The molecule has 0 spiro atoms. The van der Waals surface area contributed by atoms with E-state index in [0.29, 0.717) is 16.5 Å². The molecule has 0 bridgehead atoms. The highest BCUT2D eigenvalue weighted by atomic mass is 35.5. The fourth-order valence-electron chi connectivity index (χ4n) is 1.40. The van der Waals surface area contributed by atoms with Crippen LogP contribution >= 0.6 is 11.6 Å². The number of anilines is 1. The van der Waals surface area contributed by atoms with E-state index in [-0.39, 0.29) is 0 Å². The van der Waals surface area contributed by atoms with Gasteiger partial charge in [-0.3, -0.25) is 9.59 Å². The molecule has 0 radical (unpaired) electrons. The second kappa shape index (κ2) is 6.57. The molecule has 108 valence electrons. The van der Waals surface area contributed by atoms with Crippen molar-refractivity contribution in [3.63, 3.8) is 0 Å². The van der Waals surface area contributed by atoms with Gasteiger partial charge in [-0.1, -0.05) is 44.5 Å². The van der Waals surface area contributed by atoms with Crippen LogP contribution in [0.5, 0.6) is 0 Å². The zero-order valence-electron chi connectivity index (χ0n) is 12.0. The van der Waals surface area contributed by atoms with E-state index in [1.165, 1.54) is 13.0 Å². The van der Waals surface area contributed by atoms with Gasteiger partial charge < -0.3 is 10.1 Å². The Balaban J connectivity index is 2.92. The maximum Gasteiger partial charge on any atom is 0.307 e. The van der Waals surface area contributed by atoms with Gasteiger partial charge in [-0.25, -0.2) is 0 Å². The van der Waals surface area contributed by atoms with Crippen LogP contribution in [-0.2, 0) is 14.3 Å². The number of hydrogen-bond acceptors (Lipinski definition) is 3.